The van der Waals surface area contributed by atoms with Gasteiger partial charge in [0.1, 0.15) is 6.54 Å². The lowest BCUT2D eigenvalue weighted by Gasteiger charge is -2.26. The van der Waals surface area contributed by atoms with Crippen molar-refractivity contribution < 1.29 is 24.6 Å². The van der Waals surface area contributed by atoms with Crippen LogP contribution in [0.4, 0.5) is 4.79 Å². The number of aliphatic hydroxyl groups excluding tert-OH is 1. The predicted octanol–water partition coefficient (Wildman–Crippen LogP) is -2.43. The van der Waals surface area contributed by atoms with Crippen LogP contribution in [0.5, 0.6) is 0 Å². The van der Waals surface area contributed by atoms with Gasteiger partial charge in [-0.3, -0.25) is 4.79 Å². The summed E-state index contributed by atoms with van der Waals surface area (Å²) in [5.74, 6) is -1.67. The third-order valence-corrected chi connectivity index (χ3v) is 2.06. The number of hydrogen-bond donors (Lipinski definition) is 4. The number of amides is 3. The lowest BCUT2D eigenvalue weighted by Crippen LogP contribution is -2.54. The number of aliphatic carboxylic acids is 1. The van der Waals surface area contributed by atoms with Gasteiger partial charge in [0.2, 0.25) is 5.91 Å². The average molecular weight is 231 g/mol. The lowest BCUT2D eigenvalue weighted by molar-refractivity contribution is -0.146. The van der Waals surface area contributed by atoms with Crippen LogP contribution in [-0.4, -0.2) is 65.3 Å². The summed E-state index contributed by atoms with van der Waals surface area (Å²) in [6.45, 7) is 0.287. The smallest absolute Gasteiger partial charge is 0.334 e. The molecule has 0 aromatic rings. The molecule has 0 aromatic heterocycles. The van der Waals surface area contributed by atoms with E-state index in [0.29, 0.717) is 13.1 Å². The Balaban J connectivity index is 2.34. The van der Waals surface area contributed by atoms with Gasteiger partial charge in [0, 0.05) is 13.1 Å². The van der Waals surface area contributed by atoms with Crippen LogP contribution in [-0.2, 0) is 9.59 Å². The maximum absolute atomic E-state index is 11.4. The Morgan fingerprint density at radius 3 is 2.81 bits per heavy atom. The van der Waals surface area contributed by atoms with Crippen molar-refractivity contribution in [3.8, 4) is 0 Å². The molecule has 1 rings (SSSR count). The third kappa shape index (κ3) is 3.39. The topological polar surface area (TPSA) is 119 Å². The number of hydrogen-bond acceptors (Lipinski definition) is 4. The van der Waals surface area contributed by atoms with Crippen molar-refractivity contribution in [2.24, 2.45) is 0 Å². The van der Waals surface area contributed by atoms with Crippen molar-refractivity contribution in [3.05, 3.63) is 0 Å². The fourth-order valence-electron chi connectivity index (χ4n) is 1.20. The summed E-state index contributed by atoms with van der Waals surface area (Å²) in [7, 11) is 0. The normalized spacial score (nSPS) is 17.6. The molecule has 0 aliphatic carbocycles. The zero-order chi connectivity index (χ0) is 12.1. The third-order valence-electron chi connectivity index (χ3n) is 2.06. The van der Waals surface area contributed by atoms with E-state index in [1.165, 1.54) is 4.90 Å². The molecule has 4 N–H and O–H groups in total. The molecule has 1 atom stereocenters. The molecular formula is C8H13N3O5. The van der Waals surface area contributed by atoms with Gasteiger partial charge in [0.25, 0.3) is 0 Å². The van der Waals surface area contributed by atoms with Crippen LogP contribution in [0.3, 0.4) is 0 Å². The van der Waals surface area contributed by atoms with Crippen LogP contribution in [0.2, 0.25) is 0 Å². The first-order valence-electron chi connectivity index (χ1n) is 4.71. The van der Waals surface area contributed by atoms with Gasteiger partial charge < -0.3 is 25.7 Å². The lowest BCUT2D eigenvalue weighted by atomic mass is 10.3. The highest BCUT2D eigenvalue weighted by molar-refractivity contribution is 5.85. The van der Waals surface area contributed by atoms with Gasteiger partial charge in [-0.05, 0) is 0 Å². The molecule has 0 bridgehead atoms. The largest absolute Gasteiger partial charge is 0.479 e. The molecule has 16 heavy (non-hydrogen) atoms. The Hall–Kier alpha value is -1.83. The standard InChI is InChI=1S/C8H13N3O5/c12-5(7(14)15)3-10-8(16)11-2-1-9-6(13)4-11/h5,12H,1-4H2,(H,9,13)(H,10,16)(H,14,15)/t5-/m0/s1. The van der Waals surface area contributed by atoms with Crippen molar-refractivity contribution in [2.45, 2.75) is 6.10 Å². The maximum atomic E-state index is 11.4. The van der Waals surface area contributed by atoms with E-state index in [4.69, 9.17) is 10.2 Å². The number of carbonyl (C=O) groups is 3. The highest BCUT2D eigenvalue weighted by Gasteiger charge is 2.22. The van der Waals surface area contributed by atoms with Crippen molar-refractivity contribution in [1.29, 1.82) is 0 Å². The van der Waals surface area contributed by atoms with Gasteiger partial charge in [-0.2, -0.15) is 0 Å². The van der Waals surface area contributed by atoms with Crippen LogP contribution >= 0.6 is 0 Å². The van der Waals surface area contributed by atoms with E-state index >= 15 is 0 Å². The van der Waals surface area contributed by atoms with Gasteiger partial charge in [-0.25, -0.2) is 9.59 Å². The number of carboxylic acid groups (broad SMARTS) is 1. The van der Waals surface area contributed by atoms with Crippen LogP contribution in [0.15, 0.2) is 0 Å². The van der Waals surface area contributed by atoms with Crippen LogP contribution in [0.1, 0.15) is 0 Å². The van der Waals surface area contributed by atoms with Crippen molar-refractivity contribution >= 4 is 17.9 Å². The second kappa shape index (κ2) is 5.31. The van der Waals surface area contributed by atoms with Crippen molar-refractivity contribution in [3.63, 3.8) is 0 Å². The molecular weight excluding hydrogens is 218 g/mol. The number of piperazine rings is 1. The Labute approximate surface area is 91.2 Å². The highest BCUT2D eigenvalue weighted by Crippen LogP contribution is 1.94. The molecule has 8 heteroatoms. The van der Waals surface area contributed by atoms with E-state index in [-0.39, 0.29) is 19.0 Å². The second-order valence-electron chi connectivity index (χ2n) is 3.31. The van der Waals surface area contributed by atoms with Crippen molar-refractivity contribution in [1.82, 2.24) is 15.5 Å². The first-order chi connectivity index (χ1) is 7.50. The molecule has 0 spiro atoms. The first kappa shape index (κ1) is 12.2. The van der Waals surface area contributed by atoms with Crippen LogP contribution < -0.4 is 10.6 Å². The zero-order valence-electron chi connectivity index (χ0n) is 8.47. The Kier molecular flexibility index (Phi) is 4.06. The molecule has 90 valence electrons. The van der Waals surface area contributed by atoms with Gasteiger partial charge in [0.15, 0.2) is 6.10 Å². The monoisotopic (exact) mass is 231 g/mol. The quantitative estimate of drug-likeness (QED) is 0.430. The summed E-state index contributed by atoms with van der Waals surface area (Å²) >= 11 is 0. The number of aliphatic hydroxyl groups is 1. The van der Waals surface area contributed by atoms with Crippen LogP contribution in [0, 0.1) is 0 Å². The minimum Gasteiger partial charge on any atom is -0.479 e. The predicted molar refractivity (Wildman–Crippen MR) is 51.6 cm³/mol. The maximum Gasteiger partial charge on any atom is 0.334 e. The fraction of sp³-hybridized carbons (Fsp3) is 0.625. The zero-order valence-corrected chi connectivity index (χ0v) is 8.47. The number of carboxylic acids is 1. The number of urea groups is 1. The first-order valence-corrected chi connectivity index (χ1v) is 4.71. The Bertz CT molecular complexity index is 306. The SMILES string of the molecule is O=C1CN(C(=O)NC[C@H](O)C(=O)O)CCN1. The minimum absolute atomic E-state index is 0.0605. The summed E-state index contributed by atoms with van der Waals surface area (Å²) in [6.07, 6.45) is -1.64. The van der Waals surface area contributed by atoms with Gasteiger partial charge in [0.05, 0.1) is 6.54 Å². The van der Waals surface area contributed by atoms with Gasteiger partial charge in [-0.15, -0.1) is 0 Å². The number of nitrogens with one attached hydrogen (secondary N) is 2. The summed E-state index contributed by atoms with van der Waals surface area (Å²) in [5.41, 5.74) is 0. The Morgan fingerprint density at radius 2 is 2.25 bits per heavy atom. The molecule has 0 aromatic carbocycles. The fourth-order valence-corrected chi connectivity index (χ4v) is 1.20. The molecule has 1 aliphatic rings. The van der Waals surface area contributed by atoms with Gasteiger partial charge >= 0.3 is 12.0 Å². The molecule has 8 nitrogen and oxygen atoms in total. The summed E-state index contributed by atoms with van der Waals surface area (Å²) in [4.78, 5) is 33.9. The minimum atomic E-state index is -1.64. The van der Waals surface area contributed by atoms with E-state index in [2.05, 4.69) is 10.6 Å². The molecule has 0 unspecified atom stereocenters. The molecule has 3 amide bonds. The van der Waals surface area contributed by atoms with E-state index in [1.807, 2.05) is 0 Å². The second-order valence-corrected chi connectivity index (χ2v) is 3.31. The molecule has 1 heterocycles. The van der Waals surface area contributed by atoms with Gasteiger partial charge in [-0.1, -0.05) is 0 Å². The average Bonchev–Trinajstić information content (AvgIpc) is 2.25. The molecule has 0 radical (unpaired) electrons. The number of carbonyl (C=O) groups excluding carboxylic acids is 2. The van der Waals surface area contributed by atoms with E-state index < -0.39 is 18.1 Å². The summed E-state index contributed by atoms with van der Waals surface area (Å²) < 4.78 is 0. The summed E-state index contributed by atoms with van der Waals surface area (Å²) in [6, 6.07) is -0.560. The summed E-state index contributed by atoms with van der Waals surface area (Å²) in [5, 5.41) is 22.1. The molecule has 1 fully saturated rings. The number of nitrogens with zero attached hydrogens (tertiary/aromatic N) is 1. The molecule has 1 saturated heterocycles. The van der Waals surface area contributed by atoms with Crippen LogP contribution in [0.25, 0.3) is 0 Å². The van der Waals surface area contributed by atoms with E-state index in [1.54, 1.807) is 0 Å². The van der Waals surface area contributed by atoms with Crippen molar-refractivity contribution in [2.75, 3.05) is 26.2 Å². The molecule has 1 aliphatic heterocycles. The molecule has 0 saturated carbocycles. The van der Waals surface area contributed by atoms with E-state index in [0.717, 1.165) is 0 Å². The van der Waals surface area contributed by atoms with E-state index in [9.17, 15) is 14.4 Å². The number of rotatable bonds is 3. The highest BCUT2D eigenvalue weighted by atomic mass is 16.4. The Morgan fingerprint density at radius 1 is 1.56 bits per heavy atom.